The van der Waals surface area contributed by atoms with E-state index < -0.39 is 4.92 Å². The zero-order valence-corrected chi connectivity index (χ0v) is 15.7. The number of non-ortho nitro benzene ring substituents is 1. The summed E-state index contributed by atoms with van der Waals surface area (Å²) in [6, 6.07) is 11.6. The summed E-state index contributed by atoms with van der Waals surface area (Å²) in [4.78, 5) is 27.6. The van der Waals surface area contributed by atoms with Crippen molar-refractivity contribution < 1.29 is 9.72 Å². The molecule has 1 amide bonds. The van der Waals surface area contributed by atoms with Gasteiger partial charge in [0.25, 0.3) is 11.6 Å². The summed E-state index contributed by atoms with van der Waals surface area (Å²) in [5.41, 5.74) is 1.19. The van der Waals surface area contributed by atoms with E-state index in [0.717, 1.165) is 3.57 Å². The monoisotopic (exact) mass is 463 g/mol. The number of terminal acetylenes is 1. The van der Waals surface area contributed by atoms with Crippen molar-refractivity contribution in [3.05, 3.63) is 66.5 Å². The first-order valence-electron chi connectivity index (χ1n) is 7.06. The molecule has 3 aromatic rings. The molecule has 0 radical (unpaired) electrons. The number of halogens is 1. The Bertz CT molecular complexity index is 1110. The molecule has 0 N–H and O–H groups in total. The molecule has 0 aliphatic heterocycles. The highest BCUT2D eigenvalue weighted by Crippen LogP contribution is 2.23. The maximum absolute atomic E-state index is 12.5. The molecule has 0 aliphatic rings. The lowest BCUT2D eigenvalue weighted by molar-refractivity contribution is -0.384. The van der Waals surface area contributed by atoms with Crippen molar-refractivity contribution in [3.63, 3.8) is 0 Å². The van der Waals surface area contributed by atoms with E-state index in [1.807, 2.05) is 12.1 Å². The van der Waals surface area contributed by atoms with Crippen molar-refractivity contribution in [2.24, 2.45) is 4.99 Å². The van der Waals surface area contributed by atoms with Crippen LogP contribution in [0.5, 0.6) is 0 Å². The smallest absolute Gasteiger partial charge is 0.280 e. The highest BCUT2D eigenvalue weighted by molar-refractivity contribution is 14.1. The quantitative estimate of drug-likeness (QED) is 0.258. The van der Waals surface area contributed by atoms with Gasteiger partial charge in [-0.1, -0.05) is 29.4 Å². The molecule has 0 unspecified atom stereocenters. The van der Waals surface area contributed by atoms with Gasteiger partial charge in [0, 0.05) is 15.7 Å². The number of carbonyl (C=O) groups is 1. The summed E-state index contributed by atoms with van der Waals surface area (Å²) in [5.74, 6) is 2.15. The van der Waals surface area contributed by atoms with Crippen LogP contribution in [0.15, 0.2) is 47.5 Å². The van der Waals surface area contributed by atoms with Gasteiger partial charge in [-0.15, -0.1) is 6.42 Å². The normalized spacial score (nSPS) is 11.4. The Morgan fingerprint density at radius 1 is 1.36 bits per heavy atom. The zero-order valence-electron chi connectivity index (χ0n) is 12.7. The van der Waals surface area contributed by atoms with Gasteiger partial charge in [-0.25, -0.2) is 0 Å². The summed E-state index contributed by atoms with van der Waals surface area (Å²) < 4.78 is 3.16. The summed E-state index contributed by atoms with van der Waals surface area (Å²) in [5, 5.41) is 11.0. The van der Waals surface area contributed by atoms with Gasteiger partial charge in [-0.3, -0.25) is 14.9 Å². The van der Waals surface area contributed by atoms with Crippen molar-refractivity contribution in [2.75, 3.05) is 0 Å². The van der Waals surface area contributed by atoms with E-state index in [-0.39, 0.29) is 18.1 Å². The van der Waals surface area contributed by atoms with Crippen LogP contribution in [-0.4, -0.2) is 15.4 Å². The molecule has 0 bridgehead atoms. The van der Waals surface area contributed by atoms with Crippen LogP contribution in [0.1, 0.15) is 10.4 Å². The van der Waals surface area contributed by atoms with E-state index in [2.05, 4.69) is 33.5 Å². The maximum atomic E-state index is 12.5. The second-order valence-electron chi connectivity index (χ2n) is 4.98. The minimum Gasteiger partial charge on any atom is -0.305 e. The molecular weight excluding hydrogens is 453 g/mol. The zero-order chi connectivity index (χ0) is 18.0. The molecule has 25 heavy (non-hydrogen) atoms. The number of nitro benzene ring substituents is 1. The van der Waals surface area contributed by atoms with Crippen LogP contribution in [0.2, 0.25) is 0 Å². The van der Waals surface area contributed by atoms with E-state index in [0.29, 0.717) is 20.6 Å². The van der Waals surface area contributed by atoms with Crippen molar-refractivity contribution in [1.82, 2.24) is 4.57 Å². The molecule has 0 spiro atoms. The Morgan fingerprint density at radius 3 is 2.80 bits per heavy atom. The van der Waals surface area contributed by atoms with Crippen LogP contribution in [0, 0.1) is 26.0 Å². The fraction of sp³-hybridized carbons (Fsp3) is 0.0588. The van der Waals surface area contributed by atoms with Crippen LogP contribution in [-0.2, 0) is 6.54 Å². The number of thiazole rings is 1. The lowest BCUT2D eigenvalue weighted by Crippen LogP contribution is -2.16. The Hall–Kier alpha value is -2.51. The fourth-order valence-electron chi connectivity index (χ4n) is 2.29. The standard InChI is InChI=1S/C17H10IN3O3S/c1-2-9-20-14-8-7-11(21(23)24)10-15(14)25-17(20)19-16(22)12-5-3-4-6-13(12)18/h1,3-8,10H,9H2. The molecule has 124 valence electrons. The summed E-state index contributed by atoms with van der Waals surface area (Å²) >= 11 is 3.28. The van der Waals surface area contributed by atoms with Crippen LogP contribution in [0.4, 0.5) is 5.69 Å². The van der Waals surface area contributed by atoms with E-state index in [9.17, 15) is 14.9 Å². The molecule has 6 nitrogen and oxygen atoms in total. The van der Waals surface area contributed by atoms with Crippen molar-refractivity contribution in [3.8, 4) is 12.3 Å². The first kappa shape index (κ1) is 17.3. The van der Waals surface area contributed by atoms with Crippen molar-refractivity contribution in [2.45, 2.75) is 6.54 Å². The van der Waals surface area contributed by atoms with Crippen molar-refractivity contribution in [1.29, 1.82) is 0 Å². The van der Waals surface area contributed by atoms with Crippen LogP contribution < -0.4 is 4.80 Å². The third kappa shape index (κ3) is 3.47. The highest BCUT2D eigenvalue weighted by atomic mass is 127. The molecule has 0 saturated carbocycles. The number of aromatic nitrogens is 1. The minimum absolute atomic E-state index is 0.0166. The molecule has 3 rings (SSSR count). The van der Waals surface area contributed by atoms with Gasteiger partial charge in [0.05, 0.1) is 27.2 Å². The Balaban J connectivity index is 2.19. The van der Waals surface area contributed by atoms with Gasteiger partial charge in [-0.05, 0) is 40.8 Å². The first-order chi connectivity index (χ1) is 12.0. The summed E-state index contributed by atoms with van der Waals surface area (Å²) in [7, 11) is 0. The molecule has 2 aromatic carbocycles. The number of benzene rings is 2. The maximum Gasteiger partial charge on any atom is 0.280 e. The number of hydrogen-bond acceptors (Lipinski definition) is 4. The Morgan fingerprint density at radius 2 is 2.12 bits per heavy atom. The molecule has 0 aliphatic carbocycles. The Labute approximate surface area is 160 Å². The third-order valence-corrected chi connectivity index (χ3v) is 5.41. The van der Waals surface area contributed by atoms with Crippen molar-refractivity contribution >= 4 is 55.7 Å². The van der Waals surface area contributed by atoms with E-state index in [1.54, 1.807) is 22.8 Å². The largest absolute Gasteiger partial charge is 0.305 e. The molecular formula is C17H10IN3O3S. The molecule has 1 heterocycles. The summed E-state index contributed by atoms with van der Waals surface area (Å²) in [6.45, 7) is 0.218. The molecule has 0 saturated heterocycles. The summed E-state index contributed by atoms with van der Waals surface area (Å²) in [6.07, 6.45) is 5.42. The van der Waals surface area contributed by atoms with Gasteiger partial charge in [0.2, 0.25) is 0 Å². The third-order valence-electron chi connectivity index (χ3n) is 3.43. The van der Waals surface area contributed by atoms with Gasteiger partial charge >= 0.3 is 0 Å². The molecule has 1 aromatic heterocycles. The van der Waals surface area contributed by atoms with Crippen LogP contribution in [0.3, 0.4) is 0 Å². The average Bonchev–Trinajstić information content (AvgIpc) is 2.92. The fourth-order valence-corrected chi connectivity index (χ4v) is 3.97. The number of carbonyl (C=O) groups excluding carboxylic acids is 1. The molecule has 8 heteroatoms. The predicted octanol–water partition coefficient (Wildman–Crippen LogP) is 3.59. The van der Waals surface area contributed by atoms with Crippen LogP contribution in [0.25, 0.3) is 10.2 Å². The first-order valence-corrected chi connectivity index (χ1v) is 8.95. The highest BCUT2D eigenvalue weighted by Gasteiger charge is 2.13. The minimum atomic E-state index is -0.459. The molecule has 0 atom stereocenters. The number of amides is 1. The number of rotatable bonds is 3. The second-order valence-corrected chi connectivity index (χ2v) is 7.15. The number of nitro groups is 1. The molecule has 0 fully saturated rings. The van der Waals surface area contributed by atoms with Gasteiger partial charge in [-0.2, -0.15) is 4.99 Å². The van der Waals surface area contributed by atoms with Gasteiger partial charge in [0.1, 0.15) is 0 Å². The average molecular weight is 463 g/mol. The SMILES string of the molecule is C#CCn1c(=NC(=O)c2ccccc2I)sc2cc([N+](=O)[O-])ccc21. The lowest BCUT2D eigenvalue weighted by Gasteiger charge is -2.00. The Kier molecular flexibility index (Phi) is 4.96. The predicted molar refractivity (Wildman–Crippen MR) is 104 cm³/mol. The second kappa shape index (κ2) is 7.16. The van der Waals surface area contributed by atoms with E-state index in [4.69, 9.17) is 6.42 Å². The van der Waals surface area contributed by atoms with Gasteiger partial charge in [0.15, 0.2) is 4.80 Å². The van der Waals surface area contributed by atoms with Gasteiger partial charge < -0.3 is 4.57 Å². The van der Waals surface area contributed by atoms with E-state index >= 15 is 0 Å². The lowest BCUT2D eigenvalue weighted by atomic mass is 10.2. The topological polar surface area (TPSA) is 77.5 Å². The number of hydrogen-bond donors (Lipinski definition) is 0. The number of nitrogens with zero attached hydrogens (tertiary/aromatic N) is 3. The van der Waals surface area contributed by atoms with E-state index in [1.165, 1.54) is 23.5 Å². The number of fused-ring (bicyclic) bond motifs is 1. The van der Waals surface area contributed by atoms with Crippen LogP contribution >= 0.6 is 33.9 Å².